The van der Waals surface area contributed by atoms with Gasteiger partial charge in [-0.15, -0.1) is 5.06 Å². The zero-order valence-corrected chi connectivity index (χ0v) is 24.0. The van der Waals surface area contributed by atoms with Crippen molar-refractivity contribution in [2.45, 2.75) is 58.2 Å². The fraction of sp³-hybridized carbons (Fsp3) is 0.273. The first kappa shape index (κ1) is 30.0. The fourth-order valence-electron chi connectivity index (χ4n) is 4.71. The normalized spacial score (nSPS) is 13.0. The average molecular weight is 571 g/mol. The van der Waals surface area contributed by atoms with Crippen molar-refractivity contribution in [3.63, 3.8) is 0 Å². The van der Waals surface area contributed by atoms with E-state index >= 15 is 0 Å². The van der Waals surface area contributed by atoms with Gasteiger partial charge in [0, 0.05) is 18.0 Å². The van der Waals surface area contributed by atoms with Crippen LogP contribution in [0.1, 0.15) is 69.2 Å². The molecule has 42 heavy (non-hydrogen) atoms. The Morgan fingerprint density at radius 3 is 2.19 bits per heavy atom. The minimum atomic E-state index is -1.24. The van der Waals surface area contributed by atoms with Gasteiger partial charge in [-0.3, -0.25) is 19.7 Å². The number of hydrogen-bond donors (Lipinski definition) is 1. The maximum atomic E-state index is 12.8. The minimum Gasteiger partial charge on any atom is -0.444 e. The Hall–Kier alpha value is -4.92. The van der Waals surface area contributed by atoms with Crippen LogP contribution < -0.4 is 5.32 Å². The van der Waals surface area contributed by atoms with E-state index in [-0.39, 0.29) is 18.7 Å². The van der Waals surface area contributed by atoms with Crippen molar-refractivity contribution >= 4 is 30.3 Å². The molecule has 9 heteroatoms. The van der Waals surface area contributed by atoms with Crippen LogP contribution in [0, 0.1) is 0 Å². The van der Waals surface area contributed by atoms with Gasteiger partial charge in [-0.1, -0.05) is 73.7 Å². The summed E-state index contributed by atoms with van der Waals surface area (Å²) in [5.41, 5.74) is 4.70. The van der Waals surface area contributed by atoms with Crippen molar-refractivity contribution in [2.75, 3.05) is 5.32 Å². The number of benzene rings is 3. The molecule has 9 nitrogen and oxygen atoms in total. The second-order valence-corrected chi connectivity index (χ2v) is 10.7. The molecule has 0 saturated heterocycles. The lowest BCUT2D eigenvalue weighted by Crippen LogP contribution is -2.32. The number of allylic oxidation sites excluding steroid dienone is 1. The summed E-state index contributed by atoms with van der Waals surface area (Å²) in [6.07, 6.45) is 1.41. The van der Waals surface area contributed by atoms with E-state index in [1.807, 2.05) is 30.3 Å². The Bertz CT molecular complexity index is 1450. The molecule has 0 saturated carbocycles. The first-order valence-corrected chi connectivity index (χ1v) is 13.7. The van der Waals surface area contributed by atoms with E-state index in [9.17, 15) is 19.2 Å². The Labute approximate surface area is 245 Å². The van der Waals surface area contributed by atoms with Crippen LogP contribution in [0.3, 0.4) is 0 Å². The number of hydroxylamine groups is 2. The van der Waals surface area contributed by atoms with E-state index in [4.69, 9.17) is 14.3 Å². The lowest BCUT2D eigenvalue weighted by Gasteiger charge is -2.21. The third kappa shape index (κ3) is 7.42. The summed E-state index contributed by atoms with van der Waals surface area (Å²) in [4.78, 5) is 53.6. The standard InChI is InChI=1S/C33H34N2O7/c1-5-11-30(37)35(21-36)42-32(39)40-29(22-12-10-13-23(20-22)34-31(38)41-33(2,3)4)19-18-28-26-16-8-6-14-24(26)25-15-7-9-17-27(25)28/h6-10,12-21,28-29H,5,11H2,1-4H3,(H,34,38)/b19-18+. The summed E-state index contributed by atoms with van der Waals surface area (Å²) in [6.45, 7) is 7.04. The largest absolute Gasteiger partial charge is 0.534 e. The Morgan fingerprint density at radius 2 is 1.60 bits per heavy atom. The number of fused-ring (bicyclic) bond motifs is 3. The highest BCUT2D eigenvalue weighted by molar-refractivity contribution is 5.86. The van der Waals surface area contributed by atoms with Gasteiger partial charge in [0.1, 0.15) is 11.7 Å². The Balaban J connectivity index is 1.64. The molecule has 0 fully saturated rings. The van der Waals surface area contributed by atoms with Crippen LogP contribution >= 0.6 is 0 Å². The maximum absolute atomic E-state index is 12.8. The van der Waals surface area contributed by atoms with E-state index in [0.717, 1.165) is 22.3 Å². The second-order valence-electron chi connectivity index (χ2n) is 10.7. The van der Waals surface area contributed by atoms with Crippen molar-refractivity contribution in [3.05, 3.63) is 102 Å². The summed E-state index contributed by atoms with van der Waals surface area (Å²) in [5, 5.41) is 3.01. The topological polar surface area (TPSA) is 111 Å². The van der Waals surface area contributed by atoms with Gasteiger partial charge >= 0.3 is 12.2 Å². The average Bonchev–Trinajstić information content (AvgIpc) is 3.26. The molecule has 0 spiro atoms. The Morgan fingerprint density at radius 1 is 0.952 bits per heavy atom. The van der Waals surface area contributed by atoms with Gasteiger partial charge in [-0.05, 0) is 73.2 Å². The highest BCUT2D eigenvalue weighted by atomic mass is 16.8. The number of rotatable bonds is 8. The van der Waals surface area contributed by atoms with Crippen LogP contribution in [0.5, 0.6) is 0 Å². The second kappa shape index (κ2) is 13.2. The lowest BCUT2D eigenvalue weighted by molar-refractivity contribution is -0.177. The summed E-state index contributed by atoms with van der Waals surface area (Å²) < 4.78 is 11.0. The third-order valence-electron chi connectivity index (χ3n) is 6.42. The van der Waals surface area contributed by atoms with Gasteiger partial charge in [-0.2, -0.15) is 0 Å². The van der Waals surface area contributed by atoms with E-state index in [0.29, 0.717) is 22.7 Å². The van der Waals surface area contributed by atoms with Crippen LogP contribution in [-0.2, 0) is 23.9 Å². The van der Waals surface area contributed by atoms with E-state index in [1.165, 1.54) is 0 Å². The molecule has 1 aliphatic carbocycles. The van der Waals surface area contributed by atoms with Crippen molar-refractivity contribution in [1.82, 2.24) is 5.06 Å². The first-order valence-electron chi connectivity index (χ1n) is 13.7. The number of carbonyl (C=O) groups excluding carboxylic acids is 4. The zero-order chi connectivity index (χ0) is 30.3. The van der Waals surface area contributed by atoms with E-state index in [2.05, 4.69) is 29.6 Å². The molecule has 3 aromatic rings. The van der Waals surface area contributed by atoms with Gasteiger partial charge in [0.25, 0.3) is 12.3 Å². The van der Waals surface area contributed by atoms with Gasteiger partial charge in [0.05, 0.1) is 0 Å². The molecule has 1 aliphatic rings. The van der Waals surface area contributed by atoms with Crippen molar-refractivity contribution in [3.8, 4) is 11.1 Å². The molecule has 0 radical (unpaired) electrons. The molecular weight excluding hydrogens is 536 g/mol. The van der Waals surface area contributed by atoms with Crippen LogP contribution in [0.25, 0.3) is 11.1 Å². The van der Waals surface area contributed by atoms with Crippen LogP contribution in [0.2, 0.25) is 0 Å². The number of hydrogen-bond acceptors (Lipinski definition) is 7. The summed E-state index contributed by atoms with van der Waals surface area (Å²) >= 11 is 0. The van der Waals surface area contributed by atoms with Crippen molar-refractivity contribution < 1.29 is 33.5 Å². The number of anilines is 1. The molecule has 4 rings (SSSR count). The first-order chi connectivity index (χ1) is 20.1. The Kier molecular flexibility index (Phi) is 9.42. The molecule has 1 unspecified atom stereocenters. The van der Waals surface area contributed by atoms with Crippen LogP contribution in [0.15, 0.2) is 84.9 Å². The molecule has 3 amide bonds. The van der Waals surface area contributed by atoms with Gasteiger partial charge < -0.3 is 9.47 Å². The zero-order valence-electron chi connectivity index (χ0n) is 24.0. The van der Waals surface area contributed by atoms with Crippen LogP contribution in [0.4, 0.5) is 15.3 Å². The summed E-state index contributed by atoms with van der Waals surface area (Å²) in [5.74, 6) is -0.778. The van der Waals surface area contributed by atoms with Crippen molar-refractivity contribution in [1.29, 1.82) is 0 Å². The highest BCUT2D eigenvalue weighted by Crippen LogP contribution is 2.45. The molecule has 0 aliphatic heterocycles. The molecule has 0 aromatic heterocycles. The molecule has 0 heterocycles. The smallest absolute Gasteiger partial charge is 0.444 e. The quantitative estimate of drug-likeness (QED) is 0.131. The van der Waals surface area contributed by atoms with Crippen molar-refractivity contribution in [2.24, 2.45) is 0 Å². The number of ether oxygens (including phenoxy) is 2. The van der Waals surface area contributed by atoms with Crippen LogP contribution in [-0.4, -0.2) is 35.2 Å². The molecule has 218 valence electrons. The molecule has 3 aromatic carbocycles. The summed E-state index contributed by atoms with van der Waals surface area (Å²) in [7, 11) is 0. The number of nitrogens with one attached hydrogen (secondary N) is 1. The number of carbonyl (C=O) groups is 4. The molecule has 1 N–H and O–H groups in total. The third-order valence-corrected chi connectivity index (χ3v) is 6.42. The van der Waals surface area contributed by atoms with Gasteiger partial charge in [0.15, 0.2) is 0 Å². The maximum Gasteiger partial charge on any atom is 0.534 e. The predicted molar refractivity (Wildman–Crippen MR) is 157 cm³/mol. The van der Waals surface area contributed by atoms with Gasteiger partial charge in [0.2, 0.25) is 0 Å². The fourth-order valence-corrected chi connectivity index (χ4v) is 4.71. The minimum absolute atomic E-state index is 0.0221. The van der Waals surface area contributed by atoms with E-state index < -0.39 is 29.9 Å². The highest BCUT2D eigenvalue weighted by Gasteiger charge is 2.28. The number of amides is 3. The van der Waals surface area contributed by atoms with Gasteiger partial charge in [-0.25, -0.2) is 9.59 Å². The SMILES string of the molecule is CCCC(=O)N(C=O)OC(=O)OC(/C=C/C1c2ccccc2-c2ccccc21)c1cccc(NC(=O)OC(C)(C)C)c1. The molecular formula is C33H34N2O7. The summed E-state index contributed by atoms with van der Waals surface area (Å²) in [6, 6.07) is 22.9. The van der Waals surface area contributed by atoms with E-state index in [1.54, 1.807) is 58.0 Å². The lowest BCUT2D eigenvalue weighted by atomic mass is 9.95. The number of imide groups is 1. The predicted octanol–water partition coefficient (Wildman–Crippen LogP) is 7.30. The molecule has 0 bridgehead atoms. The molecule has 1 atom stereocenters. The monoisotopic (exact) mass is 570 g/mol. The number of nitrogens with zero attached hydrogens (tertiary/aromatic N) is 1.